The highest BCUT2D eigenvalue weighted by Gasteiger charge is 2.15. The van der Waals surface area contributed by atoms with Gasteiger partial charge in [0.1, 0.15) is 12.4 Å². The van der Waals surface area contributed by atoms with Crippen molar-refractivity contribution in [1.82, 2.24) is 14.8 Å². The van der Waals surface area contributed by atoms with Crippen molar-refractivity contribution in [1.29, 1.82) is 0 Å². The summed E-state index contributed by atoms with van der Waals surface area (Å²) in [6.45, 7) is 8.41. The molecule has 1 amide bonds. The fourth-order valence-corrected chi connectivity index (χ4v) is 4.05. The van der Waals surface area contributed by atoms with E-state index in [1.807, 2.05) is 30.5 Å². The summed E-state index contributed by atoms with van der Waals surface area (Å²) < 4.78 is 7.62. The third kappa shape index (κ3) is 6.50. The first-order valence-electron chi connectivity index (χ1n) is 9.47. The van der Waals surface area contributed by atoms with Crippen LogP contribution < -0.4 is 10.1 Å². The molecular weight excluding hydrogens is 455 g/mol. The van der Waals surface area contributed by atoms with E-state index in [4.69, 9.17) is 27.9 Å². The number of carbonyl (C=O) groups is 1. The highest BCUT2D eigenvalue weighted by molar-refractivity contribution is 7.99. The molecule has 0 fully saturated rings. The molecule has 0 saturated carbocycles. The number of halogens is 2. The summed E-state index contributed by atoms with van der Waals surface area (Å²) in [6.07, 6.45) is 1.73. The lowest BCUT2D eigenvalue weighted by atomic mass is 10.1. The van der Waals surface area contributed by atoms with Gasteiger partial charge in [-0.05, 0) is 49.2 Å². The van der Waals surface area contributed by atoms with Gasteiger partial charge in [0.15, 0.2) is 11.0 Å². The lowest BCUT2D eigenvalue weighted by Gasteiger charge is -2.10. The molecule has 3 aromatic rings. The molecule has 162 valence electrons. The maximum atomic E-state index is 12.4. The Labute approximate surface area is 195 Å². The number of nitrogens with zero attached hydrogens (tertiary/aromatic N) is 3. The third-order valence-corrected chi connectivity index (χ3v) is 5.71. The first-order valence-corrected chi connectivity index (χ1v) is 11.2. The molecule has 0 saturated heterocycles. The predicted octanol–water partition coefficient (Wildman–Crippen LogP) is 5.70. The third-order valence-electron chi connectivity index (χ3n) is 4.19. The van der Waals surface area contributed by atoms with Gasteiger partial charge in [-0.2, -0.15) is 0 Å². The van der Waals surface area contributed by atoms with Crippen molar-refractivity contribution in [3.05, 3.63) is 76.0 Å². The van der Waals surface area contributed by atoms with E-state index >= 15 is 0 Å². The number of ether oxygens (including phenoxy) is 1. The lowest BCUT2D eigenvalue weighted by molar-refractivity contribution is -0.113. The summed E-state index contributed by atoms with van der Waals surface area (Å²) in [7, 11) is 0. The second kappa shape index (κ2) is 10.7. The van der Waals surface area contributed by atoms with E-state index in [0.717, 1.165) is 16.8 Å². The standard InChI is InChI=1S/C22H22Cl2N4O2S/c1-4-7-28-20(12-30-19-11-16(23)5-6-18(19)24)26-27-22(28)31-13-21(29)25-17-9-14(2)8-15(3)10-17/h4-6,8-11H,1,7,12-13H2,2-3H3,(H,25,29). The quantitative estimate of drug-likeness (QED) is 0.316. The number of carbonyl (C=O) groups excluding carboxylic acids is 1. The molecule has 0 unspecified atom stereocenters. The average Bonchev–Trinajstić information content (AvgIpc) is 3.08. The molecule has 6 nitrogen and oxygen atoms in total. The first-order chi connectivity index (χ1) is 14.9. The van der Waals surface area contributed by atoms with Crippen LogP contribution in [0.3, 0.4) is 0 Å². The van der Waals surface area contributed by atoms with Gasteiger partial charge in [-0.3, -0.25) is 9.36 Å². The summed E-state index contributed by atoms with van der Waals surface area (Å²) in [5, 5.41) is 12.9. The van der Waals surface area contributed by atoms with E-state index in [9.17, 15) is 4.79 Å². The molecule has 3 rings (SSSR count). The summed E-state index contributed by atoms with van der Waals surface area (Å²) in [5.74, 6) is 1.13. The van der Waals surface area contributed by atoms with Crippen molar-refractivity contribution in [3.63, 3.8) is 0 Å². The van der Waals surface area contributed by atoms with E-state index < -0.39 is 0 Å². The molecule has 0 atom stereocenters. The average molecular weight is 477 g/mol. The van der Waals surface area contributed by atoms with Crippen LogP contribution in [0.2, 0.25) is 10.0 Å². The van der Waals surface area contributed by atoms with Crippen LogP contribution in [0.15, 0.2) is 54.2 Å². The van der Waals surface area contributed by atoms with E-state index in [0.29, 0.717) is 33.3 Å². The van der Waals surface area contributed by atoms with Crippen LogP contribution >= 0.6 is 35.0 Å². The predicted molar refractivity (Wildman–Crippen MR) is 126 cm³/mol. The molecule has 0 radical (unpaired) electrons. The van der Waals surface area contributed by atoms with Crippen LogP contribution in [0.4, 0.5) is 5.69 Å². The maximum absolute atomic E-state index is 12.4. The summed E-state index contributed by atoms with van der Waals surface area (Å²) in [5.41, 5.74) is 2.97. The van der Waals surface area contributed by atoms with Crippen LogP contribution in [-0.2, 0) is 17.9 Å². The Bertz CT molecular complexity index is 1080. The molecule has 1 N–H and O–H groups in total. The van der Waals surface area contributed by atoms with Gasteiger partial charge in [-0.25, -0.2) is 0 Å². The van der Waals surface area contributed by atoms with E-state index in [-0.39, 0.29) is 18.3 Å². The van der Waals surface area contributed by atoms with Crippen LogP contribution in [-0.4, -0.2) is 26.4 Å². The van der Waals surface area contributed by atoms with Crippen molar-refractivity contribution in [2.75, 3.05) is 11.1 Å². The van der Waals surface area contributed by atoms with Gasteiger partial charge in [-0.1, -0.05) is 47.1 Å². The van der Waals surface area contributed by atoms with E-state index in [1.54, 1.807) is 24.3 Å². The molecule has 2 aromatic carbocycles. The van der Waals surface area contributed by atoms with Crippen LogP contribution in [0, 0.1) is 13.8 Å². The number of amides is 1. The number of rotatable bonds is 9. The fourth-order valence-electron chi connectivity index (χ4n) is 2.95. The Balaban J connectivity index is 1.64. The van der Waals surface area contributed by atoms with Gasteiger partial charge < -0.3 is 10.1 Å². The Hall–Kier alpha value is -2.48. The van der Waals surface area contributed by atoms with Gasteiger partial charge >= 0.3 is 0 Å². The Morgan fingerprint density at radius 3 is 2.65 bits per heavy atom. The van der Waals surface area contributed by atoms with Crippen molar-refractivity contribution in [2.24, 2.45) is 0 Å². The topological polar surface area (TPSA) is 69.0 Å². The zero-order valence-corrected chi connectivity index (χ0v) is 19.5. The minimum atomic E-state index is -0.119. The molecule has 0 aliphatic rings. The van der Waals surface area contributed by atoms with Gasteiger partial charge in [0.05, 0.1) is 10.8 Å². The number of aryl methyl sites for hydroxylation is 2. The maximum Gasteiger partial charge on any atom is 0.234 e. The fraction of sp³-hybridized carbons (Fsp3) is 0.227. The van der Waals surface area contributed by atoms with Crippen molar-refractivity contribution >= 4 is 46.6 Å². The zero-order valence-electron chi connectivity index (χ0n) is 17.2. The Morgan fingerprint density at radius 1 is 1.19 bits per heavy atom. The van der Waals surface area contributed by atoms with Crippen molar-refractivity contribution in [2.45, 2.75) is 32.2 Å². The Kier molecular flexibility index (Phi) is 8.01. The second-order valence-electron chi connectivity index (χ2n) is 6.87. The summed E-state index contributed by atoms with van der Waals surface area (Å²) in [6, 6.07) is 10.9. The van der Waals surface area contributed by atoms with Crippen molar-refractivity contribution in [3.8, 4) is 5.75 Å². The molecule has 1 heterocycles. The lowest BCUT2D eigenvalue weighted by Crippen LogP contribution is -2.15. The van der Waals surface area contributed by atoms with E-state index in [1.165, 1.54) is 11.8 Å². The molecular formula is C22H22Cl2N4O2S. The summed E-state index contributed by atoms with van der Waals surface area (Å²) in [4.78, 5) is 12.4. The number of hydrogen-bond acceptors (Lipinski definition) is 5. The minimum absolute atomic E-state index is 0.119. The number of aromatic nitrogens is 3. The number of thioether (sulfide) groups is 1. The monoisotopic (exact) mass is 476 g/mol. The van der Waals surface area contributed by atoms with Crippen LogP contribution in [0.25, 0.3) is 0 Å². The van der Waals surface area contributed by atoms with Crippen molar-refractivity contribution < 1.29 is 9.53 Å². The second-order valence-corrected chi connectivity index (χ2v) is 8.66. The number of benzene rings is 2. The molecule has 9 heteroatoms. The smallest absolute Gasteiger partial charge is 0.234 e. The number of hydrogen-bond donors (Lipinski definition) is 1. The normalized spacial score (nSPS) is 10.7. The van der Waals surface area contributed by atoms with Gasteiger partial charge in [0.25, 0.3) is 0 Å². The van der Waals surface area contributed by atoms with E-state index in [2.05, 4.69) is 28.2 Å². The largest absolute Gasteiger partial charge is 0.484 e. The van der Waals surface area contributed by atoms with Gasteiger partial charge in [0.2, 0.25) is 5.91 Å². The molecule has 0 aliphatic carbocycles. The number of allylic oxidation sites excluding steroid dienone is 1. The Morgan fingerprint density at radius 2 is 1.94 bits per heavy atom. The highest BCUT2D eigenvalue weighted by atomic mass is 35.5. The number of anilines is 1. The first kappa shape index (κ1) is 23.2. The van der Waals surface area contributed by atoms with Gasteiger partial charge in [0, 0.05) is 23.3 Å². The molecule has 0 aliphatic heterocycles. The van der Waals surface area contributed by atoms with Crippen LogP contribution in [0.5, 0.6) is 5.75 Å². The molecule has 1 aromatic heterocycles. The van der Waals surface area contributed by atoms with Crippen LogP contribution in [0.1, 0.15) is 17.0 Å². The molecule has 31 heavy (non-hydrogen) atoms. The summed E-state index contributed by atoms with van der Waals surface area (Å²) >= 11 is 13.4. The SMILES string of the molecule is C=CCn1c(COc2cc(Cl)ccc2Cl)nnc1SCC(=O)Nc1cc(C)cc(C)c1. The van der Waals surface area contributed by atoms with Gasteiger partial charge in [-0.15, -0.1) is 16.8 Å². The molecule has 0 bridgehead atoms. The number of nitrogens with one attached hydrogen (secondary N) is 1. The molecule has 0 spiro atoms. The highest BCUT2D eigenvalue weighted by Crippen LogP contribution is 2.28. The zero-order chi connectivity index (χ0) is 22.4. The minimum Gasteiger partial charge on any atom is -0.484 e.